The number of hydrogen-bond donors (Lipinski definition) is 1. The van der Waals surface area contributed by atoms with E-state index < -0.39 is 0 Å². The van der Waals surface area contributed by atoms with Gasteiger partial charge in [0.05, 0.1) is 0 Å². The number of rotatable bonds is 5. The first-order valence-electron chi connectivity index (χ1n) is 6.83. The van der Waals surface area contributed by atoms with Crippen molar-refractivity contribution in [2.24, 2.45) is 7.05 Å². The van der Waals surface area contributed by atoms with E-state index in [0.29, 0.717) is 17.8 Å². The van der Waals surface area contributed by atoms with Crippen LogP contribution < -0.4 is 5.32 Å². The molecule has 1 saturated heterocycles. The Morgan fingerprint density at radius 1 is 1.37 bits per heavy atom. The van der Waals surface area contributed by atoms with Crippen molar-refractivity contribution < 1.29 is 9.59 Å². The number of nitrogens with zero attached hydrogens (tertiary/aromatic N) is 2. The van der Waals surface area contributed by atoms with Crippen molar-refractivity contribution >= 4 is 12.2 Å². The predicted molar refractivity (Wildman–Crippen MR) is 73.4 cm³/mol. The lowest BCUT2D eigenvalue weighted by atomic mass is 10.1. The number of aldehydes is 1. The van der Waals surface area contributed by atoms with Crippen molar-refractivity contribution in [3.63, 3.8) is 0 Å². The number of nitrogens with one attached hydrogen (secondary N) is 1. The predicted octanol–water partition coefficient (Wildman–Crippen LogP) is 1.05. The molecule has 0 bridgehead atoms. The zero-order valence-electron chi connectivity index (χ0n) is 11.4. The molecule has 1 aromatic rings. The summed E-state index contributed by atoms with van der Waals surface area (Å²) in [5, 5.41) is 2.91. The Morgan fingerprint density at radius 2 is 2.11 bits per heavy atom. The Balaban J connectivity index is 1.80. The Kier molecular flexibility index (Phi) is 4.74. The molecule has 5 heteroatoms. The third-order valence-electron chi connectivity index (χ3n) is 3.56. The maximum absolute atomic E-state index is 12.0. The van der Waals surface area contributed by atoms with Gasteiger partial charge >= 0.3 is 0 Å². The second-order valence-electron chi connectivity index (χ2n) is 5.05. The molecule has 1 fully saturated rings. The normalized spacial score (nSPS) is 16.3. The van der Waals surface area contributed by atoms with Gasteiger partial charge in [-0.15, -0.1) is 0 Å². The number of aromatic nitrogens is 1. The van der Waals surface area contributed by atoms with Gasteiger partial charge in [-0.25, -0.2) is 0 Å². The van der Waals surface area contributed by atoms with E-state index in [2.05, 4.69) is 10.2 Å². The number of aryl methyl sites for hydroxylation is 1. The summed E-state index contributed by atoms with van der Waals surface area (Å²) in [6, 6.07) is 1.61. The van der Waals surface area contributed by atoms with Crippen LogP contribution in [-0.4, -0.2) is 47.8 Å². The number of piperidine rings is 1. The number of amides is 1. The summed E-state index contributed by atoms with van der Waals surface area (Å²) in [5.74, 6) is -0.118. The molecule has 0 saturated carbocycles. The Hall–Kier alpha value is -1.62. The standard InChI is InChI=1S/C14H21N3O2/c1-16-10-12(11-18)9-13(16)14(19)15-5-8-17-6-3-2-4-7-17/h9-11H,2-8H2,1H3,(H,15,19). The number of carbonyl (C=O) groups is 2. The molecular formula is C14H21N3O2. The molecule has 0 aliphatic carbocycles. The molecule has 104 valence electrons. The van der Waals surface area contributed by atoms with Gasteiger partial charge in [0.1, 0.15) is 5.69 Å². The number of likely N-dealkylation sites (tertiary alicyclic amines) is 1. The van der Waals surface area contributed by atoms with Gasteiger partial charge in [0, 0.05) is 31.9 Å². The largest absolute Gasteiger partial charge is 0.349 e. The Bertz CT molecular complexity index is 448. The molecule has 0 spiro atoms. The number of hydrogen-bond acceptors (Lipinski definition) is 3. The van der Waals surface area contributed by atoms with E-state index in [0.717, 1.165) is 25.9 Å². The molecule has 19 heavy (non-hydrogen) atoms. The van der Waals surface area contributed by atoms with Crippen LogP contribution in [0.2, 0.25) is 0 Å². The molecule has 0 atom stereocenters. The summed E-state index contributed by atoms with van der Waals surface area (Å²) in [6.45, 7) is 3.82. The second kappa shape index (κ2) is 6.52. The first-order valence-corrected chi connectivity index (χ1v) is 6.83. The van der Waals surface area contributed by atoms with Crippen molar-refractivity contribution in [1.82, 2.24) is 14.8 Å². The van der Waals surface area contributed by atoms with Crippen molar-refractivity contribution in [2.45, 2.75) is 19.3 Å². The topological polar surface area (TPSA) is 54.3 Å². The molecule has 1 aromatic heterocycles. The highest BCUT2D eigenvalue weighted by atomic mass is 16.2. The smallest absolute Gasteiger partial charge is 0.267 e. The van der Waals surface area contributed by atoms with E-state index in [1.54, 1.807) is 23.9 Å². The van der Waals surface area contributed by atoms with Crippen LogP contribution in [0.25, 0.3) is 0 Å². The van der Waals surface area contributed by atoms with Gasteiger partial charge in [-0.1, -0.05) is 6.42 Å². The SMILES string of the molecule is Cn1cc(C=O)cc1C(=O)NCCN1CCCCC1. The maximum Gasteiger partial charge on any atom is 0.267 e. The Morgan fingerprint density at radius 3 is 2.74 bits per heavy atom. The molecule has 5 nitrogen and oxygen atoms in total. The third-order valence-corrected chi connectivity index (χ3v) is 3.56. The second-order valence-corrected chi connectivity index (χ2v) is 5.05. The van der Waals surface area contributed by atoms with Crippen LogP contribution in [0.5, 0.6) is 0 Å². The van der Waals surface area contributed by atoms with Gasteiger partial charge in [-0.05, 0) is 32.0 Å². The van der Waals surface area contributed by atoms with Gasteiger partial charge in [0.15, 0.2) is 6.29 Å². The maximum atomic E-state index is 12.0. The highest BCUT2D eigenvalue weighted by Gasteiger charge is 2.13. The zero-order chi connectivity index (χ0) is 13.7. The lowest BCUT2D eigenvalue weighted by molar-refractivity contribution is 0.0938. The highest BCUT2D eigenvalue weighted by molar-refractivity contribution is 5.94. The van der Waals surface area contributed by atoms with Crippen molar-refractivity contribution in [1.29, 1.82) is 0 Å². The van der Waals surface area contributed by atoms with Crippen LogP contribution in [0.1, 0.15) is 40.1 Å². The lowest BCUT2D eigenvalue weighted by Gasteiger charge is -2.26. The highest BCUT2D eigenvalue weighted by Crippen LogP contribution is 2.08. The van der Waals surface area contributed by atoms with Gasteiger partial charge in [0.25, 0.3) is 5.91 Å². The third kappa shape index (κ3) is 3.67. The first kappa shape index (κ1) is 13.8. The molecule has 1 aliphatic rings. The van der Waals surface area contributed by atoms with Crippen LogP contribution in [0.4, 0.5) is 0 Å². The molecule has 0 radical (unpaired) electrons. The molecule has 2 rings (SSSR count). The van der Waals surface area contributed by atoms with E-state index in [1.165, 1.54) is 19.3 Å². The van der Waals surface area contributed by atoms with Gasteiger partial charge in [0.2, 0.25) is 0 Å². The molecular weight excluding hydrogens is 242 g/mol. The van der Waals surface area contributed by atoms with Crippen LogP contribution in [-0.2, 0) is 7.05 Å². The minimum atomic E-state index is -0.118. The molecule has 1 amide bonds. The van der Waals surface area contributed by atoms with Crippen LogP contribution >= 0.6 is 0 Å². The van der Waals surface area contributed by atoms with E-state index >= 15 is 0 Å². The zero-order valence-corrected chi connectivity index (χ0v) is 11.4. The summed E-state index contributed by atoms with van der Waals surface area (Å²) in [7, 11) is 1.77. The van der Waals surface area contributed by atoms with Crippen molar-refractivity contribution in [3.05, 3.63) is 23.5 Å². The van der Waals surface area contributed by atoms with Crippen LogP contribution in [0.3, 0.4) is 0 Å². The minimum Gasteiger partial charge on any atom is -0.349 e. The Labute approximate surface area is 113 Å². The fraction of sp³-hybridized carbons (Fsp3) is 0.571. The van der Waals surface area contributed by atoms with Gasteiger partial charge in [-0.3, -0.25) is 9.59 Å². The van der Waals surface area contributed by atoms with E-state index in [4.69, 9.17) is 0 Å². The summed E-state index contributed by atoms with van der Waals surface area (Å²) in [6.07, 6.45) is 6.25. The lowest BCUT2D eigenvalue weighted by Crippen LogP contribution is -2.38. The monoisotopic (exact) mass is 263 g/mol. The van der Waals surface area contributed by atoms with Gasteiger partial charge < -0.3 is 14.8 Å². The number of carbonyl (C=O) groups excluding carboxylic acids is 2. The van der Waals surface area contributed by atoms with Crippen LogP contribution in [0, 0.1) is 0 Å². The fourth-order valence-electron chi connectivity index (χ4n) is 2.48. The molecule has 0 aromatic carbocycles. The van der Waals surface area contributed by atoms with Crippen molar-refractivity contribution in [2.75, 3.05) is 26.2 Å². The molecule has 2 heterocycles. The average molecular weight is 263 g/mol. The van der Waals surface area contributed by atoms with Crippen LogP contribution in [0.15, 0.2) is 12.3 Å². The average Bonchev–Trinajstić information content (AvgIpc) is 2.81. The van der Waals surface area contributed by atoms with Crippen molar-refractivity contribution in [3.8, 4) is 0 Å². The minimum absolute atomic E-state index is 0.118. The molecule has 1 N–H and O–H groups in total. The molecule has 1 aliphatic heterocycles. The van der Waals surface area contributed by atoms with E-state index in [9.17, 15) is 9.59 Å². The quantitative estimate of drug-likeness (QED) is 0.808. The summed E-state index contributed by atoms with van der Waals surface area (Å²) >= 11 is 0. The molecule has 0 unspecified atom stereocenters. The van der Waals surface area contributed by atoms with Gasteiger partial charge in [-0.2, -0.15) is 0 Å². The van der Waals surface area contributed by atoms with E-state index in [1.807, 2.05) is 0 Å². The summed E-state index contributed by atoms with van der Waals surface area (Å²) in [5.41, 5.74) is 1.06. The summed E-state index contributed by atoms with van der Waals surface area (Å²) in [4.78, 5) is 25.0. The van der Waals surface area contributed by atoms with E-state index in [-0.39, 0.29) is 5.91 Å². The fourth-order valence-corrected chi connectivity index (χ4v) is 2.48. The summed E-state index contributed by atoms with van der Waals surface area (Å²) < 4.78 is 1.68. The first-order chi connectivity index (χ1) is 9.20.